The van der Waals surface area contributed by atoms with Gasteiger partial charge in [0.05, 0.1) is 25.2 Å². The lowest BCUT2D eigenvalue weighted by Crippen LogP contribution is -2.40. The van der Waals surface area contributed by atoms with Gasteiger partial charge in [0, 0.05) is 19.6 Å². The summed E-state index contributed by atoms with van der Waals surface area (Å²) in [5, 5.41) is 17.4. The standard InChI is InChI=1S/C11H21NO4/c1-9(11(14)15)8-12-4-2-10(3-5-12)16-7-6-13/h9-10,13H,2-8H2,1H3,(H,14,15). The van der Waals surface area contributed by atoms with Gasteiger partial charge in [-0.15, -0.1) is 0 Å². The molecule has 94 valence electrons. The molecule has 0 aromatic heterocycles. The quantitative estimate of drug-likeness (QED) is 0.682. The van der Waals surface area contributed by atoms with E-state index in [-0.39, 0.29) is 18.6 Å². The van der Waals surface area contributed by atoms with Crippen LogP contribution in [-0.4, -0.2) is 60.0 Å². The molecule has 1 heterocycles. The summed E-state index contributed by atoms with van der Waals surface area (Å²) in [6, 6.07) is 0. The van der Waals surface area contributed by atoms with E-state index in [2.05, 4.69) is 4.90 Å². The molecule has 0 spiro atoms. The maximum Gasteiger partial charge on any atom is 0.307 e. The van der Waals surface area contributed by atoms with Gasteiger partial charge in [0.1, 0.15) is 0 Å². The highest BCUT2D eigenvalue weighted by Gasteiger charge is 2.22. The Kier molecular flexibility index (Phi) is 5.73. The number of carbonyl (C=O) groups is 1. The molecular weight excluding hydrogens is 210 g/mol. The Bertz CT molecular complexity index is 214. The first kappa shape index (κ1) is 13.4. The van der Waals surface area contributed by atoms with Crippen LogP contribution in [0, 0.1) is 5.92 Å². The minimum absolute atomic E-state index is 0.0657. The van der Waals surface area contributed by atoms with Crippen LogP contribution in [0.15, 0.2) is 0 Å². The molecule has 1 fully saturated rings. The Labute approximate surface area is 96.0 Å². The highest BCUT2D eigenvalue weighted by molar-refractivity contribution is 5.69. The van der Waals surface area contributed by atoms with Gasteiger partial charge in [-0.1, -0.05) is 6.92 Å². The summed E-state index contributed by atoms with van der Waals surface area (Å²) >= 11 is 0. The van der Waals surface area contributed by atoms with E-state index in [9.17, 15) is 4.79 Å². The second kappa shape index (κ2) is 6.83. The second-order valence-electron chi connectivity index (χ2n) is 4.33. The van der Waals surface area contributed by atoms with Crippen molar-refractivity contribution in [1.82, 2.24) is 4.90 Å². The average Bonchev–Trinajstić information content (AvgIpc) is 2.28. The molecular formula is C11H21NO4. The molecule has 5 heteroatoms. The number of aliphatic hydroxyl groups is 1. The van der Waals surface area contributed by atoms with Gasteiger partial charge in [-0.05, 0) is 12.8 Å². The third-order valence-electron chi connectivity index (χ3n) is 2.93. The van der Waals surface area contributed by atoms with Crippen LogP contribution < -0.4 is 0 Å². The first-order valence-corrected chi connectivity index (χ1v) is 5.81. The van der Waals surface area contributed by atoms with Gasteiger partial charge in [-0.3, -0.25) is 4.79 Å². The van der Waals surface area contributed by atoms with Crippen molar-refractivity contribution in [1.29, 1.82) is 0 Å². The normalized spacial score (nSPS) is 20.9. The number of nitrogens with zero attached hydrogens (tertiary/aromatic N) is 1. The molecule has 1 saturated heterocycles. The number of rotatable bonds is 6. The fourth-order valence-electron chi connectivity index (χ4n) is 1.94. The van der Waals surface area contributed by atoms with Crippen LogP contribution in [0.1, 0.15) is 19.8 Å². The molecule has 0 amide bonds. The predicted molar refractivity (Wildman–Crippen MR) is 59.3 cm³/mol. The third kappa shape index (κ3) is 4.47. The molecule has 0 radical (unpaired) electrons. The van der Waals surface area contributed by atoms with Crippen molar-refractivity contribution in [2.75, 3.05) is 32.8 Å². The molecule has 1 aliphatic rings. The van der Waals surface area contributed by atoms with E-state index in [4.69, 9.17) is 14.9 Å². The van der Waals surface area contributed by atoms with Gasteiger partial charge in [-0.25, -0.2) is 0 Å². The number of carboxylic acid groups (broad SMARTS) is 1. The van der Waals surface area contributed by atoms with Gasteiger partial charge in [0.15, 0.2) is 0 Å². The lowest BCUT2D eigenvalue weighted by molar-refractivity contribution is -0.142. The number of ether oxygens (including phenoxy) is 1. The SMILES string of the molecule is CC(CN1CCC(OCCO)CC1)C(=O)O. The zero-order valence-corrected chi connectivity index (χ0v) is 9.76. The molecule has 1 rings (SSSR count). The number of aliphatic carboxylic acids is 1. The van der Waals surface area contributed by atoms with Crippen molar-refractivity contribution in [3.63, 3.8) is 0 Å². The van der Waals surface area contributed by atoms with E-state index < -0.39 is 5.97 Å². The Morgan fingerprint density at radius 1 is 1.50 bits per heavy atom. The van der Waals surface area contributed by atoms with Crippen molar-refractivity contribution < 1.29 is 19.7 Å². The van der Waals surface area contributed by atoms with Crippen molar-refractivity contribution in [3.8, 4) is 0 Å². The van der Waals surface area contributed by atoms with E-state index in [0.717, 1.165) is 25.9 Å². The number of carboxylic acids is 1. The van der Waals surface area contributed by atoms with Crippen LogP contribution in [0.25, 0.3) is 0 Å². The molecule has 0 aliphatic carbocycles. The summed E-state index contributed by atoms with van der Waals surface area (Å²) in [5.74, 6) is -1.05. The van der Waals surface area contributed by atoms with Gasteiger partial charge < -0.3 is 19.8 Å². The molecule has 1 atom stereocenters. The minimum atomic E-state index is -0.737. The van der Waals surface area contributed by atoms with E-state index in [1.54, 1.807) is 6.92 Å². The molecule has 5 nitrogen and oxygen atoms in total. The fourth-order valence-corrected chi connectivity index (χ4v) is 1.94. The summed E-state index contributed by atoms with van der Waals surface area (Å²) in [7, 11) is 0. The Morgan fingerprint density at radius 2 is 2.12 bits per heavy atom. The molecule has 0 aromatic carbocycles. The van der Waals surface area contributed by atoms with Gasteiger partial charge in [0.2, 0.25) is 0 Å². The Balaban J connectivity index is 2.19. The van der Waals surface area contributed by atoms with E-state index >= 15 is 0 Å². The number of likely N-dealkylation sites (tertiary alicyclic amines) is 1. The molecule has 0 bridgehead atoms. The van der Waals surface area contributed by atoms with Crippen LogP contribution in [0.3, 0.4) is 0 Å². The molecule has 1 aliphatic heterocycles. The molecule has 0 aromatic rings. The Hall–Kier alpha value is -0.650. The van der Waals surface area contributed by atoms with Crippen molar-refractivity contribution >= 4 is 5.97 Å². The lowest BCUT2D eigenvalue weighted by Gasteiger charge is -2.32. The fraction of sp³-hybridized carbons (Fsp3) is 0.909. The average molecular weight is 231 g/mol. The van der Waals surface area contributed by atoms with Crippen LogP contribution >= 0.6 is 0 Å². The van der Waals surface area contributed by atoms with E-state index in [1.807, 2.05) is 0 Å². The van der Waals surface area contributed by atoms with Crippen LogP contribution in [0.4, 0.5) is 0 Å². The monoisotopic (exact) mass is 231 g/mol. The predicted octanol–water partition coefficient (Wildman–Crippen LogP) is 0.180. The molecule has 2 N–H and O–H groups in total. The lowest BCUT2D eigenvalue weighted by atomic mass is 10.1. The number of aliphatic hydroxyl groups excluding tert-OH is 1. The highest BCUT2D eigenvalue weighted by Crippen LogP contribution is 2.14. The maximum absolute atomic E-state index is 10.7. The van der Waals surface area contributed by atoms with Crippen molar-refractivity contribution in [2.24, 2.45) is 5.92 Å². The molecule has 16 heavy (non-hydrogen) atoms. The van der Waals surface area contributed by atoms with E-state index in [1.165, 1.54) is 0 Å². The third-order valence-corrected chi connectivity index (χ3v) is 2.93. The first-order valence-electron chi connectivity index (χ1n) is 5.81. The Morgan fingerprint density at radius 3 is 2.62 bits per heavy atom. The smallest absolute Gasteiger partial charge is 0.307 e. The zero-order valence-electron chi connectivity index (χ0n) is 9.76. The van der Waals surface area contributed by atoms with Crippen molar-refractivity contribution in [2.45, 2.75) is 25.9 Å². The summed E-state index contributed by atoms with van der Waals surface area (Å²) in [4.78, 5) is 12.9. The van der Waals surface area contributed by atoms with Gasteiger partial charge in [-0.2, -0.15) is 0 Å². The summed E-state index contributed by atoms with van der Waals surface area (Å²) in [6.45, 7) is 4.58. The van der Waals surface area contributed by atoms with Crippen LogP contribution in [0.5, 0.6) is 0 Å². The first-order chi connectivity index (χ1) is 7.63. The van der Waals surface area contributed by atoms with Crippen LogP contribution in [-0.2, 0) is 9.53 Å². The molecule has 1 unspecified atom stereocenters. The summed E-state index contributed by atoms with van der Waals surface area (Å²) in [6.07, 6.45) is 2.07. The topological polar surface area (TPSA) is 70.0 Å². The number of piperidine rings is 1. The van der Waals surface area contributed by atoms with E-state index in [0.29, 0.717) is 13.2 Å². The zero-order chi connectivity index (χ0) is 12.0. The maximum atomic E-state index is 10.7. The summed E-state index contributed by atoms with van der Waals surface area (Å²) in [5.41, 5.74) is 0. The minimum Gasteiger partial charge on any atom is -0.481 e. The second-order valence-corrected chi connectivity index (χ2v) is 4.33. The number of hydrogen-bond donors (Lipinski definition) is 2. The van der Waals surface area contributed by atoms with Gasteiger partial charge in [0.25, 0.3) is 0 Å². The highest BCUT2D eigenvalue weighted by atomic mass is 16.5. The van der Waals surface area contributed by atoms with Gasteiger partial charge >= 0.3 is 5.97 Å². The largest absolute Gasteiger partial charge is 0.481 e. The van der Waals surface area contributed by atoms with Crippen molar-refractivity contribution in [3.05, 3.63) is 0 Å². The van der Waals surface area contributed by atoms with Crippen LogP contribution in [0.2, 0.25) is 0 Å². The molecule has 0 saturated carbocycles. The number of hydrogen-bond acceptors (Lipinski definition) is 4. The summed E-state index contributed by atoms with van der Waals surface area (Å²) < 4.78 is 5.44.